The third-order valence-electron chi connectivity index (χ3n) is 3.18. The van der Waals surface area contributed by atoms with Crippen LogP contribution in [0.2, 0.25) is 0 Å². The summed E-state index contributed by atoms with van der Waals surface area (Å²) in [6.07, 6.45) is -4.03. The van der Waals surface area contributed by atoms with Gasteiger partial charge in [-0.15, -0.1) is 24.0 Å². The molecule has 0 aromatic heterocycles. The number of amides is 1. The lowest BCUT2D eigenvalue weighted by Crippen LogP contribution is -2.40. The highest BCUT2D eigenvalue weighted by Gasteiger charge is 2.28. The molecule has 1 rings (SSSR count). The molecule has 1 amide bonds. The van der Waals surface area contributed by atoms with Gasteiger partial charge in [-0.1, -0.05) is 12.1 Å². The minimum atomic E-state index is -4.36. The van der Waals surface area contributed by atoms with Crippen molar-refractivity contribution in [1.82, 2.24) is 16.0 Å². The fraction of sp³-hybridized carbons (Fsp3) is 0.556. The van der Waals surface area contributed by atoms with Gasteiger partial charge in [0.1, 0.15) is 5.75 Å². The van der Waals surface area contributed by atoms with Crippen LogP contribution < -0.4 is 20.7 Å². The second-order valence-electron chi connectivity index (χ2n) is 6.14. The van der Waals surface area contributed by atoms with E-state index >= 15 is 0 Å². The molecule has 6 nitrogen and oxygen atoms in total. The van der Waals surface area contributed by atoms with Gasteiger partial charge < -0.3 is 20.7 Å². The number of hydrogen-bond acceptors (Lipinski definition) is 3. The van der Waals surface area contributed by atoms with E-state index in [1.54, 1.807) is 12.1 Å². The molecule has 1 aromatic carbocycles. The van der Waals surface area contributed by atoms with E-state index < -0.39 is 12.8 Å². The zero-order chi connectivity index (χ0) is 20.3. The van der Waals surface area contributed by atoms with Crippen molar-refractivity contribution in [3.05, 3.63) is 29.8 Å². The van der Waals surface area contributed by atoms with Crippen LogP contribution in [-0.2, 0) is 11.3 Å². The van der Waals surface area contributed by atoms with Crippen LogP contribution >= 0.6 is 24.0 Å². The van der Waals surface area contributed by atoms with Gasteiger partial charge >= 0.3 is 6.18 Å². The summed E-state index contributed by atoms with van der Waals surface area (Å²) in [5.41, 5.74) is 0.823. The van der Waals surface area contributed by atoms with E-state index in [1.807, 2.05) is 20.8 Å². The van der Waals surface area contributed by atoms with Crippen molar-refractivity contribution in [2.45, 2.75) is 46.0 Å². The van der Waals surface area contributed by atoms with E-state index in [9.17, 15) is 18.0 Å². The van der Waals surface area contributed by atoms with Crippen LogP contribution in [0.4, 0.5) is 13.2 Å². The Kier molecular flexibility index (Phi) is 12.6. The summed E-state index contributed by atoms with van der Waals surface area (Å²) in [6, 6.07) is 6.38. The molecule has 0 fully saturated rings. The number of nitrogens with one attached hydrogen (secondary N) is 3. The van der Waals surface area contributed by atoms with Gasteiger partial charge in [0, 0.05) is 25.6 Å². The minimum Gasteiger partial charge on any atom is -0.484 e. The maximum Gasteiger partial charge on any atom is 0.422 e. The normalized spacial score (nSPS) is 11.6. The molecule has 0 saturated carbocycles. The maximum absolute atomic E-state index is 12.1. The van der Waals surface area contributed by atoms with Gasteiger partial charge in [-0.25, -0.2) is 4.99 Å². The Hall–Kier alpha value is -1.72. The number of benzene rings is 1. The molecular formula is C18H28F3IN4O2. The molecule has 10 heteroatoms. The van der Waals surface area contributed by atoms with Crippen LogP contribution in [0.25, 0.3) is 0 Å². The molecule has 0 bridgehead atoms. The first-order valence-electron chi connectivity index (χ1n) is 8.79. The van der Waals surface area contributed by atoms with E-state index in [4.69, 9.17) is 0 Å². The SMILES string of the molecule is CCNC(=NCc1ccc(OCC(F)(F)F)cc1)NCCC(=O)NC(C)C.I. The second-order valence-corrected chi connectivity index (χ2v) is 6.14. The summed E-state index contributed by atoms with van der Waals surface area (Å²) in [7, 11) is 0. The number of aliphatic imine (C=N–C) groups is 1. The quantitative estimate of drug-likeness (QED) is 0.268. The van der Waals surface area contributed by atoms with Crippen molar-refractivity contribution >= 4 is 35.8 Å². The fourth-order valence-corrected chi connectivity index (χ4v) is 2.06. The highest BCUT2D eigenvalue weighted by molar-refractivity contribution is 14.0. The summed E-state index contributed by atoms with van der Waals surface area (Å²) in [6.45, 7) is 5.85. The van der Waals surface area contributed by atoms with Gasteiger partial charge in [0.25, 0.3) is 0 Å². The molecule has 0 saturated heterocycles. The molecule has 0 aliphatic rings. The topological polar surface area (TPSA) is 74.8 Å². The highest BCUT2D eigenvalue weighted by atomic mass is 127. The fourth-order valence-electron chi connectivity index (χ4n) is 2.06. The predicted molar refractivity (Wildman–Crippen MR) is 114 cm³/mol. The smallest absolute Gasteiger partial charge is 0.422 e. The molecule has 0 radical (unpaired) electrons. The summed E-state index contributed by atoms with van der Waals surface area (Å²) < 4.78 is 41.1. The van der Waals surface area contributed by atoms with E-state index in [1.165, 1.54) is 12.1 Å². The third-order valence-corrected chi connectivity index (χ3v) is 3.18. The van der Waals surface area contributed by atoms with E-state index in [2.05, 4.69) is 25.7 Å². The summed E-state index contributed by atoms with van der Waals surface area (Å²) in [4.78, 5) is 16.0. The number of rotatable bonds is 9. The van der Waals surface area contributed by atoms with Crippen LogP contribution in [0.15, 0.2) is 29.3 Å². The summed E-state index contributed by atoms with van der Waals surface area (Å²) >= 11 is 0. The molecule has 28 heavy (non-hydrogen) atoms. The molecule has 0 heterocycles. The van der Waals surface area contributed by atoms with Crippen LogP contribution in [0.3, 0.4) is 0 Å². The minimum absolute atomic E-state index is 0. The monoisotopic (exact) mass is 516 g/mol. The maximum atomic E-state index is 12.1. The van der Waals surface area contributed by atoms with Crippen LogP contribution in [-0.4, -0.2) is 43.8 Å². The molecule has 0 unspecified atom stereocenters. The van der Waals surface area contributed by atoms with Crippen molar-refractivity contribution in [2.24, 2.45) is 4.99 Å². The Bertz CT molecular complexity index is 608. The molecule has 0 spiro atoms. The average Bonchev–Trinajstić information content (AvgIpc) is 2.57. The lowest BCUT2D eigenvalue weighted by atomic mass is 10.2. The van der Waals surface area contributed by atoms with Crippen LogP contribution in [0.1, 0.15) is 32.8 Å². The molecule has 0 aliphatic heterocycles. The summed E-state index contributed by atoms with van der Waals surface area (Å²) in [5, 5.41) is 8.95. The lowest BCUT2D eigenvalue weighted by molar-refractivity contribution is -0.153. The number of guanidine groups is 1. The lowest BCUT2D eigenvalue weighted by Gasteiger charge is -2.12. The molecule has 0 aliphatic carbocycles. The Labute approximate surface area is 180 Å². The third kappa shape index (κ3) is 12.6. The average molecular weight is 516 g/mol. The Morgan fingerprint density at radius 1 is 1.18 bits per heavy atom. The molecule has 160 valence electrons. The predicted octanol–water partition coefficient (Wildman–Crippen LogP) is 3.22. The first kappa shape index (κ1) is 26.3. The standard InChI is InChI=1S/C18H27F3N4O2.HI/c1-4-22-17(23-10-9-16(26)25-13(2)3)24-11-14-5-7-15(8-6-14)27-12-18(19,20)21;/h5-8,13H,4,9-12H2,1-3H3,(H,25,26)(H2,22,23,24);1H. The molecular weight excluding hydrogens is 488 g/mol. The van der Waals surface area contributed by atoms with Gasteiger partial charge in [0.15, 0.2) is 12.6 Å². The zero-order valence-corrected chi connectivity index (χ0v) is 18.6. The number of carbonyl (C=O) groups is 1. The Balaban J connectivity index is 0.00000729. The number of alkyl halides is 3. The highest BCUT2D eigenvalue weighted by Crippen LogP contribution is 2.19. The van der Waals surface area contributed by atoms with Crippen molar-refractivity contribution < 1.29 is 22.7 Å². The largest absolute Gasteiger partial charge is 0.484 e. The number of halogens is 4. The number of ether oxygens (including phenoxy) is 1. The zero-order valence-electron chi connectivity index (χ0n) is 16.2. The molecule has 3 N–H and O–H groups in total. The van der Waals surface area contributed by atoms with Crippen molar-refractivity contribution in [1.29, 1.82) is 0 Å². The second kappa shape index (κ2) is 13.5. The Morgan fingerprint density at radius 3 is 2.36 bits per heavy atom. The van der Waals surface area contributed by atoms with Gasteiger partial charge in [-0.05, 0) is 38.5 Å². The molecule has 0 atom stereocenters. The van der Waals surface area contributed by atoms with Gasteiger partial charge in [-0.2, -0.15) is 13.2 Å². The summed E-state index contributed by atoms with van der Waals surface area (Å²) in [5.74, 6) is 0.677. The van der Waals surface area contributed by atoms with Crippen LogP contribution in [0, 0.1) is 0 Å². The van der Waals surface area contributed by atoms with E-state index in [0.717, 1.165) is 5.56 Å². The first-order valence-corrected chi connectivity index (χ1v) is 8.79. The number of carbonyl (C=O) groups excluding carboxylic acids is 1. The van der Waals surface area contributed by atoms with E-state index in [-0.39, 0.29) is 41.7 Å². The van der Waals surface area contributed by atoms with Gasteiger partial charge in [-0.3, -0.25) is 4.79 Å². The van der Waals surface area contributed by atoms with Crippen molar-refractivity contribution in [3.8, 4) is 5.75 Å². The Morgan fingerprint density at radius 2 is 1.82 bits per heavy atom. The van der Waals surface area contributed by atoms with Crippen LogP contribution in [0.5, 0.6) is 5.75 Å². The van der Waals surface area contributed by atoms with Crippen molar-refractivity contribution in [3.63, 3.8) is 0 Å². The van der Waals surface area contributed by atoms with Gasteiger partial charge in [0.05, 0.1) is 6.54 Å². The molecule has 1 aromatic rings. The number of nitrogens with zero attached hydrogens (tertiary/aromatic N) is 1. The van der Waals surface area contributed by atoms with E-state index in [0.29, 0.717) is 32.0 Å². The first-order chi connectivity index (χ1) is 12.7. The van der Waals surface area contributed by atoms with Gasteiger partial charge in [0.2, 0.25) is 5.91 Å². The van der Waals surface area contributed by atoms with Crippen molar-refractivity contribution in [2.75, 3.05) is 19.7 Å². The number of hydrogen-bond donors (Lipinski definition) is 3.